The van der Waals surface area contributed by atoms with Gasteiger partial charge in [0.1, 0.15) is 22.8 Å². The Labute approximate surface area is 319 Å². The molecule has 0 spiro atoms. The summed E-state index contributed by atoms with van der Waals surface area (Å²) in [7, 11) is 0. The Balaban J connectivity index is 1.04. The van der Waals surface area contributed by atoms with Crippen molar-refractivity contribution in [2.24, 2.45) is 9.98 Å². The lowest BCUT2D eigenvalue weighted by atomic mass is 9.97. The molecule has 0 aliphatic carbocycles. The first kappa shape index (κ1) is 32.4. The monoisotopic (exact) mass is 705 g/mol. The van der Waals surface area contributed by atoms with Crippen LogP contribution in [0.4, 0.5) is 0 Å². The fraction of sp³-hybridized carbons (Fsp3) is 0.0196. The van der Waals surface area contributed by atoms with E-state index in [1.54, 1.807) is 0 Å². The van der Waals surface area contributed by atoms with Crippen molar-refractivity contribution in [3.05, 3.63) is 217 Å². The lowest BCUT2D eigenvalue weighted by molar-refractivity contribution is 0.669. The molecule has 0 radical (unpaired) electrons. The first-order valence-corrected chi connectivity index (χ1v) is 18.6. The zero-order valence-corrected chi connectivity index (χ0v) is 29.9. The smallest absolute Gasteiger partial charge is 0.169 e. The third kappa shape index (κ3) is 6.20. The predicted molar refractivity (Wildman–Crippen MR) is 227 cm³/mol. The molecule has 0 fully saturated rings. The van der Waals surface area contributed by atoms with Crippen molar-refractivity contribution in [3.63, 3.8) is 0 Å². The van der Waals surface area contributed by atoms with Crippen LogP contribution in [0.2, 0.25) is 0 Å². The van der Waals surface area contributed by atoms with E-state index in [2.05, 4.69) is 175 Å². The van der Waals surface area contributed by atoms with Crippen molar-refractivity contribution >= 4 is 33.6 Å². The number of furan rings is 1. The Morgan fingerprint density at radius 2 is 0.873 bits per heavy atom. The molecule has 1 aliphatic rings. The molecule has 1 atom stereocenters. The van der Waals surface area contributed by atoms with E-state index in [9.17, 15) is 0 Å². The average Bonchev–Trinajstić information content (AvgIpc) is 3.66. The molecule has 1 aliphatic heterocycles. The molecule has 8 aromatic carbocycles. The third-order valence-corrected chi connectivity index (χ3v) is 10.4. The molecule has 55 heavy (non-hydrogen) atoms. The van der Waals surface area contributed by atoms with Gasteiger partial charge < -0.3 is 9.73 Å². The number of fused-ring (bicyclic) bond motifs is 3. The molecule has 0 bridgehead atoms. The van der Waals surface area contributed by atoms with Crippen molar-refractivity contribution in [1.29, 1.82) is 0 Å². The molecule has 0 saturated heterocycles. The SMILES string of the molecule is c1ccc(-c2ccc(-c3cccc(C4=NC(c5ccc(-c6cccc7oc8ccccc8c67)cc5)N=C(c5ccccc5-c5ccccc5)N4)c3)cc2)cc1. The van der Waals surface area contributed by atoms with Gasteiger partial charge in [0.2, 0.25) is 0 Å². The van der Waals surface area contributed by atoms with Crippen LogP contribution in [-0.4, -0.2) is 11.7 Å². The average molecular weight is 706 g/mol. The molecule has 260 valence electrons. The van der Waals surface area contributed by atoms with Crippen molar-refractivity contribution in [2.75, 3.05) is 0 Å². The van der Waals surface area contributed by atoms with Gasteiger partial charge in [0, 0.05) is 21.9 Å². The van der Waals surface area contributed by atoms with Gasteiger partial charge in [0.05, 0.1) is 0 Å². The maximum Gasteiger partial charge on any atom is 0.169 e. The number of nitrogens with zero attached hydrogens (tertiary/aromatic N) is 2. The lowest BCUT2D eigenvalue weighted by Gasteiger charge is -2.24. The molecule has 2 heterocycles. The van der Waals surface area contributed by atoms with Crippen LogP contribution >= 0.6 is 0 Å². The summed E-state index contributed by atoms with van der Waals surface area (Å²) in [6.45, 7) is 0. The molecule has 0 amide bonds. The van der Waals surface area contributed by atoms with Crippen LogP contribution < -0.4 is 5.32 Å². The minimum Gasteiger partial charge on any atom is -0.456 e. The second-order valence-corrected chi connectivity index (χ2v) is 13.8. The summed E-state index contributed by atoms with van der Waals surface area (Å²) in [6.07, 6.45) is -0.455. The topological polar surface area (TPSA) is 49.9 Å². The number of benzene rings is 8. The van der Waals surface area contributed by atoms with E-state index in [1.165, 1.54) is 11.1 Å². The summed E-state index contributed by atoms with van der Waals surface area (Å²) < 4.78 is 6.20. The lowest BCUT2D eigenvalue weighted by Crippen LogP contribution is -2.36. The van der Waals surface area contributed by atoms with Gasteiger partial charge in [-0.2, -0.15) is 0 Å². The van der Waals surface area contributed by atoms with Gasteiger partial charge in [-0.1, -0.05) is 182 Å². The summed E-state index contributed by atoms with van der Waals surface area (Å²) in [5.74, 6) is 1.56. The first-order valence-electron chi connectivity index (χ1n) is 18.6. The second kappa shape index (κ2) is 13.9. The fourth-order valence-corrected chi connectivity index (χ4v) is 7.62. The first-order chi connectivity index (χ1) is 27.2. The van der Waals surface area contributed by atoms with Gasteiger partial charge in [-0.15, -0.1) is 0 Å². The molecule has 4 heteroatoms. The van der Waals surface area contributed by atoms with Crippen LogP contribution in [0.1, 0.15) is 22.9 Å². The molecule has 4 nitrogen and oxygen atoms in total. The van der Waals surface area contributed by atoms with E-state index >= 15 is 0 Å². The van der Waals surface area contributed by atoms with Gasteiger partial charge in [-0.05, 0) is 68.3 Å². The summed E-state index contributed by atoms with van der Waals surface area (Å²) in [5.41, 5.74) is 14.0. The van der Waals surface area contributed by atoms with Gasteiger partial charge >= 0.3 is 0 Å². The number of rotatable bonds is 7. The van der Waals surface area contributed by atoms with Gasteiger partial charge in [0.25, 0.3) is 0 Å². The summed E-state index contributed by atoms with van der Waals surface area (Å²) >= 11 is 0. The molecule has 1 unspecified atom stereocenters. The number of hydrogen-bond donors (Lipinski definition) is 1. The number of para-hydroxylation sites is 1. The number of aliphatic imine (C=N–C) groups is 2. The fourth-order valence-electron chi connectivity index (χ4n) is 7.62. The third-order valence-electron chi connectivity index (χ3n) is 10.4. The number of nitrogens with one attached hydrogen (secondary N) is 1. The summed E-state index contributed by atoms with van der Waals surface area (Å²) in [6, 6.07) is 69.9. The van der Waals surface area contributed by atoms with Gasteiger partial charge in [-0.3, -0.25) is 0 Å². The van der Waals surface area contributed by atoms with E-state index in [0.717, 1.165) is 83.7 Å². The normalized spacial score (nSPS) is 14.0. The minimum atomic E-state index is -0.455. The quantitative estimate of drug-likeness (QED) is 0.179. The summed E-state index contributed by atoms with van der Waals surface area (Å²) in [4.78, 5) is 10.6. The maximum atomic E-state index is 6.20. The van der Waals surface area contributed by atoms with Crippen molar-refractivity contribution < 1.29 is 4.42 Å². The second-order valence-electron chi connectivity index (χ2n) is 13.8. The highest BCUT2D eigenvalue weighted by Gasteiger charge is 2.23. The van der Waals surface area contributed by atoms with E-state index in [0.29, 0.717) is 0 Å². The van der Waals surface area contributed by atoms with Crippen LogP contribution in [0.15, 0.2) is 215 Å². The Hall–Kier alpha value is -7.30. The molecular formula is C51H35N3O. The largest absolute Gasteiger partial charge is 0.456 e. The Bertz CT molecular complexity index is 2870. The van der Waals surface area contributed by atoms with Crippen molar-refractivity contribution in [1.82, 2.24) is 5.32 Å². The van der Waals surface area contributed by atoms with Crippen LogP contribution in [0.3, 0.4) is 0 Å². The highest BCUT2D eigenvalue weighted by Crippen LogP contribution is 2.37. The zero-order valence-electron chi connectivity index (χ0n) is 29.9. The van der Waals surface area contributed by atoms with Gasteiger partial charge in [0.15, 0.2) is 6.17 Å². The standard InChI is InChI=1S/C51H35N3O/c1-3-13-34(14-4-1)35-25-27-36(28-26-35)40-17-11-18-41(33-40)50-52-49(53-51(54-50)44-20-8-7-19-42(44)37-15-5-2-6-16-37)39-31-29-38(30-32-39)43-22-12-24-47-48(43)45-21-9-10-23-46(45)55-47/h1-33,49H,(H,52,53,54). The molecule has 10 rings (SSSR count). The molecule has 1 N–H and O–H groups in total. The van der Waals surface area contributed by atoms with Crippen LogP contribution in [-0.2, 0) is 0 Å². The highest BCUT2D eigenvalue weighted by molar-refractivity contribution is 6.18. The Kier molecular flexibility index (Phi) is 8.19. The van der Waals surface area contributed by atoms with E-state index in [4.69, 9.17) is 14.4 Å². The Morgan fingerprint density at radius 3 is 1.65 bits per heavy atom. The molecule has 0 saturated carbocycles. The number of hydrogen-bond acceptors (Lipinski definition) is 4. The van der Waals surface area contributed by atoms with E-state index in [-0.39, 0.29) is 0 Å². The highest BCUT2D eigenvalue weighted by atomic mass is 16.3. The van der Waals surface area contributed by atoms with E-state index < -0.39 is 6.17 Å². The zero-order chi connectivity index (χ0) is 36.6. The molecule has 1 aromatic heterocycles. The predicted octanol–water partition coefficient (Wildman–Crippen LogP) is 12.7. The number of amidine groups is 2. The Morgan fingerprint density at radius 1 is 0.364 bits per heavy atom. The van der Waals surface area contributed by atoms with Crippen molar-refractivity contribution in [2.45, 2.75) is 6.17 Å². The molecular weight excluding hydrogens is 671 g/mol. The van der Waals surface area contributed by atoms with Crippen LogP contribution in [0.5, 0.6) is 0 Å². The summed E-state index contributed by atoms with van der Waals surface area (Å²) in [5, 5.41) is 5.91. The van der Waals surface area contributed by atoms with Crippen molar-refractivity contribution in [3.8, 4) is 44.5 Å². The van der Waals surface area contributed by atoms with Crippen LogP contribution in [0.25, 0.3) is 66.4 Å². The minimum absolute atomic E-state index is 0.455. The van der Waals surface area contributed by atoms with Crippen LogP contribution in [0, 0.1) is 0 Å². The molecule has 9 aromatic rings. The van der Waals surface area contributed by atoms with Gasteiger partial charge in [-0.25, -0.2) is 9.98 Å². The van der Waals surface area contributed by atoms with E-state index in [1.807, 2.05) is 30.3 Å². The maximum absolute atomic E-state index is 6.20.